The first kappa shape index (κ1) is 15.4. The third-order valence-corrected chi connectivity index (χ3v) is 4.09. The number of benzene rings is 1. The van der Waals surface area contributed by atoms with Crippen molar-refractivity contribution >= 4 is 10.9 Å². The van der Waals surface area contributed by atoms with Crippen molar-refractivity contribution < 1.29 is 9.84 Å². The third kappa shape index (κ3) is 3.81. The van der Waals surface area contributed by atoms with Crippen LogP contribution in [0.4, 0.5) is 0 Å². The van der Waals surface area contributed by atoms with Crippen LogP contribution >= 0.6 is 0 Å². The molecular formula is C18H26N2O2. The second-order valence-corrected chi connectivity index (χ2v) is 6.74. The molecule has 22 heavy (non-hydrogen) atoms. The number of nitrogens with zero attached hydrogens (tertiary/aromatic N) is 1. The molecule has 4 nitrogen and oxygen atoms in total. The molecule has 1 aliphatic rings. The summed E-state index contributed by atoms with van der Waals surface area (Å²) in [6.07, 6.45) is 3.99. The van der Waals surface area contributed by atoms with E-state index in [-0.39, 0.29) is 0 Å². The van der Waals surface area contributed by atoms with E-state index >= 15 is 0 Å². The predicted molar refractivity (Wildman–Crippen MR) is 89.2 cm³/mol. The van der Waals surface area contributed by atoms with E-state index in [1.807, 2.05) is 30.5 Å². The van der Waals surface area contributed by atoms with E-state index in [0.29, 0.717) is 25.1 Å². The normalized spacial score (nSPS) is 16.6. The third-order valence-electron chi connectivity index (χ3n) is 4.09. The number of H-pyrrole nitrogens is 1. The molecule has 0 saturated heterocycles. The molecule has 1 aromatic heterocycles. The maximum atomic E-state index is 10.3. The van der Waals surface area contributed by atoms with Crippen molar-refractivity contribution in [2.24, 2.45) is 5.92 Å². The van der Waals surface area contributed by atoms with Gasteiger partial charge in [0.15, 0.2) is 0 Å². The minimum atomic E-state index is -0.450. The highest BCUT2D eigenvalue weighted by Gasteiger charge is 2.30. The molecule has 1 fully saturated rings. The predicted octanol–water partition coefficient (Wildman–Crippen LogP) is 3.03. The van der Waals surface area contributed by atoms with Crippen molar-refractivity contribution in [3.8, 4) is 5.75 Å². The van der Waals surface area contributed by atoms with Crippen LogP contribution in [-0.2, 0) is 0 Å². The molecule has 2 aromatic rings. The SMILES string of the molecule is CC(C)CN(CC(O)COc1cccc2[nH]ccc12)C1CC1. The first-order valence-electron chi connectivity index (χ1n) is 8.24. The Kier molecular flexibility index (Phi) is 4.69. The number of rotatable bonds is 8. The fourth-order valence-electron chi connectivity index (χ4n) is 2.97. The molecule has 0 radical (unpaired) electrons. The quantitative estimate of drug-likeness (QED) is 0.788. The Hall–Kier alpha value is -1.52. The standard InChI is InChI=1S/C18H26N2O2/c1-13(2)10-20(14-6-7-14)11-15(21)12-22-18-5-3-4-17-16(18)8-9-19-17/h3-5,8-9,13-15,19,21H,6-7,10-12H2,1-2H3. The number of aromatic nitrogens is 1. The number of nitrogens with one attached hydrogen (secondary N) is 1. The van der Waals surface area contributed by atoms with Gasteiger partial charge < -0.3 is 14.8 Å². The minimum Gasteiger partial charge on any atom is -0.490 e. The van der Waals surface area contributed by atoms with Gasteiger partial charge in [0.25, 0.3) is 0 Å². The van der Waals surface area contributed by atoms with Crippen molar-refractivity contribution in [2.75, 3.05) is 19.7 Å². The van der Waals surface area contributed by atoms with E-state index in [9.17, 15) is 5.11 Å². The molecule has 0 aliphatic heterocycles. The lowest BCUT2D eigenvalue weighted by atomic mass is 10.2. The zero-order chi connectivity index (χ0) is 15.5. The fourth-order valence-corrected chi connectivity index (χ4v) is 2.97. The van der Waals surface area contributed by atoms with E-state index in [1.54, 1.807) is 0 Å². The molecule has 120 valence electrons. The lowest BCUT2D eigenvalue weighted by Gasteiger charge is -2.26. The van der Waals surface area contributed by atoms with Crippen molar-refractivity contribution in [2.45, 2.75) is 38.8 Å². The zero-order valence-corrected chi connectivity index (χ0v) is 13.5. The summed E-state index contributed by atoms with van der Waals surface area (Å²) >= 11 is 0. The van der Waals surface area contributed by atoms with Gasteiger partial charge in [0.05, 0.1) is 0 Å². The summed E-state index contributed by atoms with van der Waals surface area (Å²) in [5.41, 5.74) is 1.06. The maximum Gasteiger partial charge on any atom is 0.128 e. The van der Waals surface area contributed by atoms with Gasteiger partial charge in [0.2, 0.25) is 0 Å². The van der Waals surface area contributed by atoms with Gasteiger partial charge in [-0.3, -0.25) is 4.90 Å². The van der Waals surface area contributed by atoms with Crippen LogP contribution in [0.5, 0.6) is 5.75 Å². The van der Waals surface area contributed by atoms with Crippen LogP contribution in [0.3, 0.4) is 0 Å². The average Bonchev–Trinajstić information content (AvgIpc) is 3.21. The molecule has 1 heterocycles. The van der Waals surface area contributed by atoms with E-state index in [0.717, 1.165) is 23.2 Å². The van der Waals surface area contributed by atoms with Crippen LogP contribution in [0, 0.1) is 5.92 Å². The summed E-state index contributed by atoms with van der Waals surface area (Å²) in [5, 5.41) is 11.4. The summed E-state index contributed by atoms with van der Waals surface area (Å²) in [7, 11) is 0. The second kappa shape index (κ2) is 6.71. The monoisotopic (exact) mass is 302 g/mol. The van der Waals surface area contributed by atoms with Crippen LogP contribution in [-0.4, -0.2) is 46.8 Å². The maximum absolute atomic E-state index is 10.3. The van der Waals surface area contributed by atoms with Gasteiger partial charge in [-0.1, -0.05) is 19.9 Å². The molecule has 0 amide bonds. The van der Waals surface area contributed by atoms with Crippen LogP contribution in [0.1, 0.15) is 26.7 Å². The van der Waals surface area contributed by atoms with Gasteiger partial charge in [-0.05, 0) is 37.0 Å². The Morgan fingerprint density at radius 1 is 1.27 bits per heavy atom. The summed E-state index contributed by atoms with van der Waals surface area (Å²) in [6, 6.07) is 8.62. The fraction of sp³-hybridized carbons (Fsp3) is 0.556. The molecule has 0 spiro atoms. The number of aromatic amines is 1. The van der Waals surface area contributed by atoms with E-state index in [2.05, 4.69) is 23.7 Å². The topological polar surface area (TPSA) is 48.5 Å². The second-order valence-electron chi connectivity index (χ2n) is 6.74. The molecule has 4 heteroatoms. The number of hydrogen-bond acceptors (Lipinski definition) is 3. The van der Waals surface area contributed by atoms with Crippen LogP contribution in [0.2, 0.25) is 0 Å². The average molecular weight is 302 g/mol. The van der Waals surface area contributed by atoms with E-state index in [1.165, 1.54) is 12.8 Å². The molecule has 1 unspecified atom stereocenters. The highest BCUT2D eigenvalue weighted by Crippen LogP contribution is 2.28. The molecule has 0 bridgehead atoms. The molecule has 2 N–H and O–H groups in total. The van der Waals surface area contributed by atoms with Gasteiger partial charge in [0.1, 0.15) is 18.5 Å². The summed E-state index contributed by atoms with van der Waals surface area (Å²) in [6.45, 7) is 6.54. The summed E-state index contributed by atoms with van der Waals surface area (Å²) in [5.74, 6) is 1.46. The number of ether oxygens (including phenoxy) is 1. The first-order chi connectivity index (χ1) is 10.6. The first-order valence-corrected chi connectivity index (χ1v) is 8.24. The Labute approximate surface area is 132 Å². The Morgan fingerprint density at radius 2 is 2.09 bits per heavy atom. The molecule has 1 aliphatic carbocycles. The van der Waals surface area contributed by atoms with Crippen molar-refractivity contribution in [3.05, 3.63) is 30.5 Å². The molecule has 1 atom stereocenters. The van der Waals surface area contributed by atoms with Crippen LogP contribution in [0.25, 0.3) is 10.9 Å². The van der Waals surface area contributed by atoms with Gasteiger partial charge in [-0.2, -0.15) is 0 Å². The molecule has 1 saturated carbocycles. The van der Waals surface area contributed by atoms with Crippen molar-refractivity contribution in [3.63, 3.8) is 0 Å². The number of aliphatic hydroxyl groups excluding tert-OH is 1. The zero-order valence-electron chi connectivity index (χ0n) is 13.5. The Morgan fingerprint density at radius 3 is 2.82 bits per heavy atom. The van der Waals surface area contributed by atoms with Crippen molar-refractivity contribution in [1.82, 2.24) is 9.88 Å². The van der Waals surface area contributed by atoms with Crippen LogP contribution < -0.4 is 4.74 Å². The molecule has 1 aromatic carbocycles. The van der Waals surface area contributed by atoms with Gasteiger partial charge in [-0.15, -0.1) is 0 Å². The number of hydrogen-bond donors (Lipinski definition) is 2. The summed E-state index contributed by atoms with van der Waals surface area (Å²) < 4.78 is 5.85. The lowest BCUT2D eigenvalue weighted by Crippen LogP contribution is -2.39. The highest BCUT2D eigenvalue weighted by atomic mass is 16.5. The number of aliphatic hydroxyl groups is 1. The Balaban J connectivity index is 1.55. The van der Waals surface area contributed by atoms with E-state index in [4.69, 9.17) is 4.74 Å². The molecule has 3 rings (SSSR count). The molecular weight excluding hydrogens is 276 g/mol. The van der Waals surface area contributed by atoms with Gasteiger partial charge >= 0.3 is 0 Å². The minimum absolute atomic E-state index is 0.339. The van der Waals surface area contributed by atoms with Crippen LogP contribution in [0.15, 0.2) is 30.5 Å². The smallest absolute Gasteiger partial charge is 0.128 e. The lowest BCUT2D eigenvalue weighted by molar-refractivity contribution is 0.0618. The van der Waals surface area contributed by atoms with Gasteiger partial charge in [-0.25, -0.2) is 0 Å². The summed E-state index contributed by atoms with van der Waals surface area (Å²) in [4.78, 5) is 5.59. The van der Waals surface area contributed by atoms with E-state index < -0.39 is 6.10 Å². The Bertz CT molecular complexity index is 604. The number of fused-ring (bicyclic) bond motifs is 1. The van der Waals surface area contributed by atoms with Gasteiger partial charge in [0, 0.05) is 36.2 Å². The largest absolute Gasteiger partial charge is 0.490 e. The van der Waals surface area contributed by atoms with Crippen molar-refractivity contribution in [1.29, 1.82) is 0 Å². The highest BCUT2D eigenvalue weighted by molar-refractivity contribution is 5.85.